The van der Waals surface area contributed by atoms with Gasteiger partial charge in [0.2, 0.25) is 0 Å². The summed E-state index contributed by atoms with van der Waals surface area (Å²) in [5.41, 5.74) is 2.81. The van der Waals surface area contributed by atoms with Crippen molar-refractivity contribution in [1.82, 2.24) is 4.57 Å². The molecule has 0 N–H and O–H groups in total. The Labute approximate surface area is 107 Å². The lowest BCUT2D eigenvalue weighted by atomic mass is 9.84. The van der Waals surface area contributed by atoms with Gasteiger partial charge in [-0.05, 0) is 42.5 Å². The Balaban J connectivity index is 2.11. The standard InChI is InChI=1S/C15H18ClN/c1-17-10-14(11-5-3-2-4-6-11)13-9-12(16)7-8-15(13)17/h7-11H,2-6H2,1H3. The predicted octanol–water partition coefficient (Wildman–Crippen LogP) is 4.88. The summed E-state index contributed by atoms with van der Waals surface area (Å²) in [6.07, 6.45) is 9.14. The van der Waals surface area contributed by atoms with E-state index in [1.807, 2.05) is 6.07 Å². The van der Waals surface area contributed by atoms with Crippen molar-refractivity contribution in [1.29, 1.82) is 0 Å². The van der Waals surface area contributed by atoms with E-state index in [1.165, 1.54) is 48.6 Å². The van der Waals surface area contributed by atoms with Crippen LogP contribution in [0.2, 0.25) is 5.02 Å². The molecule has 0 unspecified atom stereocenters. The third-order valence-electron chi connectivity index (χ3n) is 4.03. The SMILES string of the molecule is Cn1cc(C2CCCCC2)c2cc(Cl)ccc21. The highest BCUT2D eigenvalue weighted by atomic mass is 35.5. The molecule has 1 nitrogen and oxygen atoms in total. The fourth-order valence-corrected chi connectivity index (χ4v) is 3.31. The van der Waals surface area contributed by atoms with Gasteiger partial charge in [0, 0.05) is 29.2 Å². The van der Waals surface area contributed by atoms with E-state index in [0.29, 0.717) is 0 Å². The van der Waals surface area contributed by atoms with Crippen LogP contribution in [-0.2, 0) is 7.05 Å². The molecule has 1 saturated carbocycles. The zero-order valence-electron chi connectivity index (χ0n) is 10.2. The number of hydrogen-bond donors (Lipinski definition) is 0. The van der Waals surface area contributed by atoms with Crippen molar-refractivity contribution in [3.63, 3.8) is 0 Å². The lowest BCUT2D eigenvalue weighted by Crippen LogP contribution is -2.03. The highest BCUT2D eigenvalue weighted by Crippen LogP contribution is 2.37. The second kappa shape index (κ2) is 4.38. The van der Waals surface area contributed by atoms with Crippen LogP contribution in [0.25, 0.3) is 10.9 Å². The molecule has 1 aliphatic carbocycles. The first-order valence-corrected chi connectivity index (χ1v) is 6.88. The third-order valence-corrected chi connectivity index (χ3v) is 4.26. The maximum atomic E-state index is 6.13. The number of fused-ring (bicyclic) bond motifs is 1. The van der Waals surface area contributed by atoms with Crippen LogP contribution in [-0.4, -0.2) is 4.57 Å². The maximum Gasteiger partial charge on any atom is 0.0481 e. The average Bonchev–Trinajstić information content (AvgIpc) is 2.67. The van der Waals surface area contributed by atoms with Crippen molar-refractivity contribution in [2.24, 2.45) is 7.05 Å². The van der Waals surface area contributed by atoms with Crippen LogP contribution in [0.3, 0.4) is 0 Å². The van der Waals surface area contributed by atoms with Gasteiger partial charge in [0.1, 0.15) is 0 Å². The van der Waals surface area contributed by atoms with Crippen LogP contribution in [0.1, 0.15) is 43.6 Å². The molecule has 0 radical (unpaired) electrons. The first kappa shape index (κ1) is 11.2. The molecular formula is C15H18ClN. The summed E-state index contributed by atoms with van der Waals surface area (Å²) in [7, 11) is 2.13. The minimum absolute atomic E-state index is 0.742. The van der Waals surface area contributed by atoms with Gasteiger partial charge in [-0.1, -0.05) is 30.9 Å². The summed E-state index contributed by atoms with van der Waals surface area (Å²) in [6.45, 7) is 0. The van der Waals surface area contributed by atoms with Gasteiger partial charge >= 0.3 is 0 Å². The van der Waals surface area contributed by atoms with Crippen molar-refractivity contribution in [2.45, 2.75) is 38.0 Å². The van der Waals surface area contributed by atoms with Crippen LogP contribution in [0.15, 0.2) is 24.4 Å². The summed E-state index contributed by atoms with van der Waals surface area (Å²) in [5.74, 6) is 0.742. The van der Waals surface area contributed by atoms with E-state index < -0.39 is 0 Å². The molecule has 1 aliphatic rings. The molecule has 1 aromatic carbocycles. The van der Waals surface area contributed by atoms with Gasteiger partial charge in [-0.25, -0.2) is 0 Å². The molecule has 1 aromatic heterocycles. The number of nitrogens with zero attached hydrogens (tertiary/aromatic N) is 1. The van der Waals surface area contributed by atoms with E-state index in [9.17, 15) is 0 Å². The Bertz CT molecular complexity index is 535. The zero-order chi connectivity index (χ0) is 11.8. The average molecular weight is 248 g/mol. The molecule has 2 heteroatoms. The summed E-state index contributed by atoms with van der Waals surface area (Å²) >= 11 is 6.13. The summed E-state index contributed by atoms with van der Waals surface area (Å²) in [6, 6.07) is 6.24. The highest BCUT2D eigenvalue weighted by molar-refractivity contribution is 6.31. The van der Waals surface area contributed by atoms with Crippen molar-refractivity contribution < 1.29 is 0 Å². The molecule has 0 spiro atoms. The molecule has 17 heavy (non-hydrogen) atoms. The monoisotopic (exact) mass is 247 g/mol. The smallest absolute Gasteiger partial charge is 0.0481 e. The van der Waals surface area contributed by atoms with Gasteiger partial charge in [-0.2, -0.15) is 0 Å². The molecule has 1 heterocycles. The fraction of sp³-hybridized carbons (Fsp3) is 0.467. The molecule has 2 aromatic rings. The Hall–Kier alpha value is -0.950. The zero-order valence-corrected chi connectivity index (χ0v) is 11.0. The topological polar surface area (TPSA) is 4.93 Å². The first-order valence-electron chi connectivity index (χ1n) is 6.50. The number of halogens is 1. The Morgan fingerprint density at radius 1 is 1.18 bits per heavy atom. The van der Waals surface area contributed by atoms with Crippen LogP contribution in [0.4, 0.5) is 0 Å². The minimum atomic E-state index is 0.742. The van der Waals surface area contributed by atoms with Crippen molar-refractivity contribution >= 4 is 22.5 Å². The van der Waals surface area contributed by atoms with Crippen LogP contribution < -0.4 is 0 Å². The summed E-state index contributed by atoms with van der Waals surface area (Å²) in [4.78, 5) is 0. The van der Waals surface area contributed by atoms with Gasteiger partial charge in [0.25, 0.3) is 0 Å². The molecule has 90 valence electrons. The lowest BCUT2D eigenvalue weighted by molar-refractivity contribution is 0.445. The fourth-order valence-electron chi connectivity index (χ4n) is 3.13. The Morgan fingerprint density at radius 3 is 2.71 bits per heavy atom. The molecule has 0 aliphatic heterocycles. The third kappa shape index (κ3) is 1.97. The van der Waals surface area contributed by atoms with E-state index >= 15 is 0 Å². The molecule has 0 bridgehead atoms. The summed E-state index contributed by atoms with van der Waals surface area (Å²) in [5, 5.41) is 2.20. The normalized spacial score (nSPS) is 17.8. The van der Waals surface area contributed by atoms with E-state index in [1.54, 1.807) is 0 Å². The predicted molar refractivity (Wildman–Crippen MR) is 73.8 cm³/mol. The van der Waals surface area contributed by atoms with Crippen molar-refractivity contribution in [2.75, 3.05) is 0 Å². The molecule has 0 saturated heterocycles. The maximum absolute atomic E-state index is 6.13. The number of hydrogen-bond acceptors (Lipinski definition) is 0. The van der Waals surface area contributed by atoms with E-state index in [0.717, 1.165) is 10.9 Å². The number of aryl methyl sites for hydroxylation is 1. The van der Waals surface area contributed by atoms with Crippen molar-refractivity contribution in [3.8, 4) is 0 Å². The molecule has 0 atom stereocenters. The van der Waals surface area contributed by atoms with Gasteiger partial charge in [-0.3, -0.25) is 0 Å². The molecule has 0 amide bonds. The Morgan fingerprint density at radius 2 is 1.94 bits per heavy atom. The van der Waals surface area contributed by atoms with Gasteiger partial charge in [-0.15, -0.1) is 0 Å². The summed E-state index contributed by atoms with van der Waals surface area (Å²) < 4.78 is 2.23. The molecular weight excluding hydrogens is 230 g/mol. The van der Waals surface area contributed by atoms with Crippen LogP contribution >= 0.6 is 11.6 Å². The molecule has 3 rings (SSSR count). The minimum Gasteiger partial charge on any atom is -0.350 e. The largest absolute Gasteiger partial charge is 0.350 e. The number of aromatic nitrogens is 1. The van der Waals surface area contributed by atoms with Gasteiger partial charge in [0.05, 0.1) is 0 Å². The number of benzene rings is 1. The van der Waals surface area contributed by atoms with Crippen LogP contribution in [0, 0.1) is 0 Å². The second-order valence-corrected chi connectivity index (χ2v) is 5.63. The van der Waals surface area contributed by atoms with E-state index in [-0.39, 0.29) is 0 Å². The second-order valence-electron chi connectivity index (χ2n) is 5.19. The van der Waals surface area contributed by atoms with E-state index in [4.69, 9.17) is 11.6 Å². The lowest BCUT2D eigenvalue weighted by Gasteiger charge is -2.21. The van der Waals surface area contributed by atoms with Gasteiger partial charge in [0.15, 0.2) is 0 Å². The Kier molecular flexibility index (Phi) is 2.87. The van der Waals surface area contributed by atoms with E-state index in [2.05, 4.69) is 29.9 Å². The van der Waals surface area contributed by atoms with Crippen LogP contribution in [0.5, 0.6) is 0 Å². The molecule has 1 fully saturated rings. The quantitative estimate of drug-likeness (QED) is 0.677. The van der Waals surface area contributed by atoms with Gasteiger partial charge < -0.3 is 4.57 Å². The number of rotatable bonds is 1. The first-order chi connectivity index (χ1) is 8.25. The highest BCUT2D eigenvalue weighted by Gasteiger charge is 2.19. The van der Waals surface area contributed by atoms with Crippen molar-refractivity contribution in [3.05, 3.63) is 35.0 Å².